The fourth-order valence-electron chi connectivity index (χ4n) is 6.39. The Morgan fingerprint density at radius 1 is 1.00 bits per heavy atom. The van der Waals surface area contributed by atoms with Crippen molar-refractivity contribution < 1.29 is 19.4 Å². The first-order valence-electron chi connectivity index (χ1n) is 14.7. The van der Waals surface area contributed by atoms with Gasteiger partial charge in [-0.2, -0.15) is 0 Å². The molecule has 0 unspecified atom stereocenters. The van der Waals surface area contributed by atoms with Gasteiger partial charge in [-0.15, -0.1) is 24.0 Å². The number of alkyl halides is 1. The third-order valence-corrected chi connectivity index (χ3v) is 9.12. The monoisotopic (exact) mass is 583 g/mol. The first-order chi connectivity index (χ1) is 18.4. The SMILES string of the molecule is CCCCN1C(=O)[C@@H](CC2(O)CCCCC2)NC(=O)C12CCN(CCCCOc1ccc(CCl)cc1)CC2.Cl. The number of aliphatic hydroxyl groups is 1. The molecule has 3 fully saturated rings. The predicted octanol–water partition coefficient (Wildman–Crippen LogP) is 5.05. The minimum absolute atomic E-state index is 0. The summed E-state index contributed by atoms with van der Waals surface area (Å²) in [7, 11) is 0. The van der Waals surface area contributed by atoms with Gasteiger partial charge in [-0.25, -0.2) is 0 Å². The van der Waals surface area contributed by atoms with Crippen LogP contribution in [0.15, 0.2) is 24.3 Å². The number of nitrogens with one attached hydrogen (secondary N) is 1. The van der Waals surface area contributed by atoms with E-state index >= 15 is 0 Å². The van der Waals surface area contributed by atoms with Crippen molar-refractivity contribution in [3.63, 3.8) is 0 Å². The summed E-state index contributed by atoms with van der Waals surface area (Å²) in [6, 6.07) is 7.28. The number of carbonyl (C=O) groups excluding carboxylic acids is 2. The molecule has 0 radical (unpaired) electrons. The third kappa shape index (κ3) is 8.02. The Bertz CT molecular complexity index is 915. The minimum Gasteiger partial charge on any atom is -0.494 e. The standard InChI is InChI=1S/C30H46ClN3O4.ClH/c1-2-3-18-34-27(35)26(22-29(37)13-5-4-6-14-29)32-28(36)30(34)15-19-33(20-16-30)17-7-8-21-38-25-11-9-24(23-31)10-12-25;/h9-12,26,37H,2-8,13-23H2,1H3,(H,32,36);1H/t26-;/m1./s1. The Kier molecular flexibility index (Phi) is 12.2. The Hall–Kier alpha value is -1.54. The Morgan fingerprint density at radius 2 is 1.69 bits per heavy atom. The Morgan fingerprint density at radius 3 is 2.33 bits per heavy atom. The third-order valence-electron chi connectivity index (χ3n) is 8.81. The highest BCUT2D eigenvalue weighted by molar-refractivity contribution is 6.17. The first kappa shape index (κ1) is 32.0. The number of unbranched alkanes of at least 4 members (excludes halogenated alkanes) is 2. The highest BCUT2D eigenvalue weighted by Crippen LogP contribution is 2.37. The first-order valence-corrected chi connectivity index (χ1v) is 15.3. The largest absolute Gasteiger partial charge is 0.494 e. The Balaban J connectivity index is 0.00000420. The van der Waals surface area contributed by atoms with E-state index in [1.54, 1.807) is 0 Å². The number of ether oxygens (including phenoxy) is 1. The number of piperazine rings is 1. The number of amides is 2. The van der Waals surface area contributed by atoms with Gasteiger partial charge in [0.25, 0.3) is 0 Å². The second kappa shape index (κ2) is 14.9. The number of benzene rings is 1. The van der Waals surface area contributed by atoms with E-state index in [4.69, 9.17) is 16.3 Å². The maximum absolute atomic E-state index is 13.7. The molecule has 2 N–H and O–H groups in total. The van der Waals surface area contributed by atoms with E-state index in [1.807, 2.05) is 29.2 Å². The number of likely N-dealkylation sites (tertiary alicyclic amines) is 1. The second-order valence-electron chi connectivity index (χ2n) is 11.6. The predicted molar refractivity (Wildman–Crippen MR) is 158 cm³/mol. The molecular formula is C30H47Cl2N3O4. The molecule has 9 heteroatoms. The van der Waals surface area contributed by atoms with Gasteiger partial charge in [-0.3, -0.25) is 9.59 Å². The average molecular weight is 585 g/mol. The summed E-state index contributed by atoms with van der Waals surface area (Å²) in [5.41, 5.74) is -0.513. The summed E-state index contributed by atoms with van der Waals surface area (Å²) in [4.78, 5) is 31.6. The van der Waals surface area contributed by atoms with Gasteiger partial charge in [-0.1, -0.05) is 44.7 Å². The number of rotatable bonds is 12. The number of hydrogen-bond donors (Lipinski definition) is 2. The molecule has 1 aromatic rings. The summed E-state index contributed by atoms with van der Waals surface area (Å²) < 4.78 is 5.86. The number of halogens is 2. The van der Waals surface area contributed by atoms with Crippen molar-refractivity contribution >= 4 is 35.8 Å². The van der Waals surface area contributed by atoms with E-state index in [1.165, 1.54) is 0 Å². The van der Waals surface area contributed by atoms with Crippen LogP contribution < -0.4 is 10.1 Å². The molecule has 7 nitrogen and oxygen atoms in total. The molecule has 2 aliphatic heterocycles. The lowest BCUT2D eigenvalue weighted by Gasteiger charge is -2.52. The molecule has 220 valence electrons. The van der Waals surface area contributed by atoms with Gasteiger partial charge in [0, 0.05) is 31.9 Å². The van der Waals surface area contributed by atoms with Gasteiger partial charge in [0.15, 0.2) is 0 Å². The lowest BCUT2D eigenvalue weighted by atomic mass is 9.77. The maximum Gasteiger partial charge on any atom is 0.246 e. The summed E-state index contributed by atoms with van der Waals surface area (Å²) in [5.74, 6) is 1.36. The summed E-state index contributed by atoms with van der Waals surface area (Å²) in [5, 5.41) is 14.2. The van der Waals surface area contributed by atoms with Crippen LogP contribution in [0.25, 0.3) is 0 Å². The number of carbonyl (C=O) groups is 2. The van der Waals surface area contributed by atoms with Crippen molar-refractivity contribution in [2.75, 3.05) is 32.8 Å². The van der Waals surface area contributed by atoms with Gasteiger partial charge >= 0.3 is 0 Å². The van der Waals surface area contributed by atoms with Crippen LogP contribution in [-0.2, 0) is 15.5 Å². The summed E-state index contributed by atoms with van der Waals surface area (Å²) in [6.45, 7) is 5.97. The zero-order valence-corrected chi connectivity index (χ0v) is 25.0. The fraction of sp³-hybridized carbons (Fsp3) is 0.733. The lowest BCUT2D eigenvalue weighted by Crippen LogP contribution is -2.73. The topological polar surface area (TPSA) is 82.1 Å². The normalized spacial score (nSPS) is 22.8. The van der Waals surface area contributed by atoms with E-state index in [2.05, 4.69) is 17.1 Å². The molecule has 2 heterocycles. The molecule has 4 rings (SSSR count). The van der Waals surface area contributed by atoms with Crippen LogP contribution >= 0.6 is 24.0 Å². The smallest absolute Gasteiger partial charge is 0.246 e. The van der Waals surface area contributed by atoms with Crippen LogP contribution in [0.2, 0.25) is 0 Å². The van der Waals surface area contributed by atoms with Crippen molar-refractivity contribution in [2.45, 2.75) is 107 Å². The van der Waals surface area contributed by atoms with E-state index < -0.39 is 17.2 Å². The fourth-order valence-corrected chi connectivity index (χ4v) is 6.57. The van der Waals surface area contributed by atoms with Crippen molar-refractivity contribution in [3.05, 3.63) is 29.8 Å². The highest BCUT2D eigenvalue weighted by atomic mass is 35.5. The van der Waals surface area contributed by atoms with Gasteiger partial charge < -0.3 is 25.0 Å². The van der Waals surface area contributed by atoms with Crippen molar-refractivity contribution in [1.82, 2.24) is 15.1 Å². The summed E-state index contributed by atoms with van der Waals surface area (Å²) in [6.07, 6.45) is 10.0. The molecule has 2 amide bonds. The van der Waals surface area contributed by atoms with E-state index in [0.29, 0.717) is 51.1 Å². The van der Waals surface area contributed by atoms with Gasteiger partial charge in [0.1, 0.15) is 17.3 Å². The van der Waals surface area contributed by atoms with E-state index in [-0.39, 0.29) is 24.2 Å². The van der Waals surface area contributed by atoms with Crippen LogP contribution in [0.1, 0.15) is 89.5 Å². The van der Waals surface area contributed by atoms with Gasteiger partial charge in [-0.05, 0) is 69.2 Å². The molecule has 3 aliphatic rings. The zero-order chi connectivity index (χ0) is 27.0. The summed E-state index contributed by atoms with van der Waals surface area (Å²) >= 11 is 5.84. The van der Waals surface area contributed by atoms with Crippen LogP contribution in [0.3, 0.4) is 0 Å². The van der Waals surface area contributed by atoms with Crippen LogP contribution in [0.5, 0.6) is 5.75 Å². The van der Waals surface area contributed by atoms with Crippen molar-refractivity contribution in [2.24, 2.45) is 0 Å². The molecule has 0 bridgehead atoms. The second-order valence-corrected chi connectivity index (χ2v) is 11.8. The molecule has 1 saturated carbocycles. The average Bonchev–Trinajstić information content (AvgIpc) is 2.93. The Labute approximate surface area is 245 Å². The van der Waals surface area contributed by atoms with Crippen LogP contribution in [0.4, 0.5) is 0 Å². The lowest BCUT2D eigenvalue weighted by molar-refractivity contribution is -0.163. The number of piperidine rings is 1. The van der Waals surface area contributed by atoms with Crippen LogP contribution in [0, 0.1) is 0 Å². The number of nitrogens with zero attached hydrogens (tertiary/aromatic N) is 2. The maximum atomic E-state index is 13.7. The molecule has 2 saturated heterocycles. The van der Waals surface area contributed by atoms with E-state index in [0.717, 1.165) is 75.9 Å². The molecule has 1 aliphatic carbocycles. The van der Waals surface area contributed by atoms with Crippen molar-refractivity contribution in [1.29, 1.82) is 0 Å². The zero-order valence-electron chi connectivity index (χ0n) is 23.5. The molecule has 0 aromatic heterocycles. The van der Waals surface area contributed by atoms with Crippen LogP contribution in [-0.4, -0.2) is 76.7 Å². The van der Waals surface area contributed by atoms with E-state index in [9.17, 15) is 14.7 Å². The quantitative estimate of drug-likeness (QED) is 0.266. The molecule has 1 atom stereocenters. The van der Waals surface area contributed by atoms with Gasteiger partial charge in [0.05, 0.1) is 12.2 Å². The highest BCUT2D eigenvalue weighted by Gasteiger charge is 2.54. The number of hydrogen-bond acceptors (Lipinski definition) is 5. The van der Waals surface area contributed by atoms with Gasteiger partial charge in [0.2, 0.25) is 11.8 Å². The molecule has 1 aromatic carbocycles. The minimum atomic E-state index is -0.840. The molecular weight excluding hydrogens is 537 g/mol. The van der Waals surface area contributed by atoms with Crippen molar-refractivity contribution in [3.8, 4) is 5.75 Å². The molecule has 39 heavy (non-hydrogen) atoms. The molecule has 1 spiro atoms.